The number of halogens is 2. The van der Waals surface area contributed by atoms with Crippen molar-refractivity contribution < 1.29 is 23.8 Å². The number of carbonyl (C=O) groups excluding carboxylic acids is 2. The lowest BCUT2D eigenvalue weighted by atomic mass is 10.1. The second-order valence-corrected chi connectivity index (χ2v) is 7.36. The third-order valence-corrected chi connectivity index (χ3v) is 5.24. The molecule has 0 fully saturated rings. The number of hydrazone groups is 1. The number of nitrogens with zero attached hydrogens (tertiary/aromatic N) is 3. The molecule has 154 valence electrons. The van der Waals surface area contributed by atoms with Gasteiger partial charge in [0.05, 0.1) is 33.2 Å². The van der Waals surface area contributed by atoms with Crippen LogP contribution < -0.4 is 5.43 Å². The first-order chi connectivity index (χ1) is 14.3. The van der Waals surface area contributed by atoms with Crippen LogP contribution in [0.15, 0.2) is 40.0 Å². The molecule has 0 radical (unpaired) electrons. The van der Waals surface area contributed by atoms with Crippen LogP contribution in [-0.2, 0) is 4.74 Å². The van der Waals surface area contributed by atoms with Crippen LogP contribution in [-0.4, -0.2) is 35.3 Å². The number of amides is 1. The summed E-state index contributed by atoms with van der Waals surface area (Å²) in [6, 6.07) is 7.43. The van der Waals surface area contributed by atoms with Gasteiger partial charge in [0.15, 0.2) is 0 Å². The number of thiophene rings is 1. The van der Waals surface area contributed by atoms with Crippen LogP contribution in [0.2, 0.25) is 10.0 Å². The van der Waals surface area contributed by atoms with E-state index in [1.54, 1.807) is 6.07 Å². The van der Waals surface area contributed by atoms with Crippen LogP contribution in [0.4, 0.5) is 5.00 Å². The van der Waals surface area contributed by atoms with Crippen molar-refractivity contribution in [2.75, 3.05) is 7.11 Å². The summed E-state index contributed by atoms with van der Waals surface area (Å²) in [7, 11) is 1.12. The summed E-state index contributed by atoms with van der Waals surface area (Å²) in [6.07, 6.45) is 1.20. The SMILES string of the molecule is COC(=O)c1c(-c2c(Cl)cccc2Cl)noc1C(=O)N/N=C/c1ccc([N+](=O)[O-])s1. The predicted octanol–water partition coefficient (Wildman–Crippen LogP) is 4.17. The highest BCUT2D eigenvalue weighted by atomic mass is 35.5. The van der Waals surface area contributed by atoms with Gasteiger partial charge in [-0.15, -0.1) is 0 Å². The van der Waals surface area contributed by atoms with E-state index in [2.05, 4.69) is 15.7 Å². The first kappa shape index (κ1) is 21.4. The Labute approximate surface area is 182 Å². The fourth-order valence-corrected chi connectivity index (χ4v) is 3.62. The summed E-state index contributed by atoms with van der Waals surface area (Å²) < 4.78 is 9.76. The maximum absolute atomic E-state index is 12.5. The molecule has 2 aromatic heterocycles. The highest BCUT2D eigenvalue weighted by Gasteiger charge is 2.31. The van der Waals surface area contributed by atoms with E-state index in [9.17, 15) is 19.7 Å². The molecule has 10 nitrogen and oxygen atoms in total. The Morgan fingerprint density at radius 2 is 2.00 bits per heavy atom. The molecule has 1 N–H and O–H groups in total. The molecule has 0 aliphatic carbocycles. The Balaban J connectivity index is 1.90. The fraction of sp³-hybridized carbons (Fsp3) is 0.0588. The van der Waals surface area contributed by atoms with Crippen LogP contribution in [0.1, 0.15) is 25.8 Å². The van der Waals surface area contributed by atoms with E-state index in [0.717, 1.165) is 18.4 Å². The molecule has 30 heavy (non-hydrogen) atoms. The van der Waals surface area contributed by atoms with Crippen molar-refractivity contribution in [1.29, 1.82) is 0 Å². The van der Waals surface area contributed by atoms with Crippen molar-refractivity contribution in [3.63, 3.8) is 0 Å². The number of aromatic nitrogens is 1. The van der Waals surface area contributed by atoms with Crippen molar-refractivity contribution in [2.24, 2.45) is 5.10 Å². The maximum atomic E-state index is 12.5. The molecule has 0 aliphatic heterocycles. The van der Waals surface area contributed by atoms with Crippen molar-refractivity contribution in [3.8, 4) is 11.3 Å². The van der Waals surface area contributed by atoms with Gasteiger partial charge in [-0.2, -0.15) is 5.10 Å². The summed E-state index contributed by atoms with van der Waals surface area (Å²) in [6.45, 7) is 0. The van der Waals surface area contributed by atoms with Crippen LogP contribution in [0.3, 0.4) is 0 Å². The molecular weight excluding hydrogens is 459 g/mol. The molecule has 0 spiro atoms. The lowest BCUT2D eigenvalue weighted by molar-refractivity contribution is -0.380. The number of carbonyl (C=O) groups is 2. The summed E-state index contributed by atoms with van der Waals surface area (Å²) >= 11 is 13.2. The molecule has 13 heteroatoms. The Morgan fingerprint density at radius 3 is 2.60 bits per heavy atom. The number of esters is 1. The number of hydrogen-bond acceptors (Lipinski definition) is 9. The van der Waals surface area contributed by atoms with Gasteiger partial charge in [0.2, 0.25) is 5.76 Å². The van der Waals surface area contributed by atoms with Crippen LogP contribution >= 0.6 is 34.5 Å². The summed E-state index contributed by atoms with van der Waals surface area (Å²) in [5, 5.41) is 18.5. The quantitative estimate of drug-likeness (QED) is 0.248. The molecular formula is C17H10Cl2N4O6S. The number of methoxy groups -OCH3 is 1. The third-order valence-electron chi connectivity index (χ3n) is 3.64. The zero-order valence-corrected chi connectivity index (χ0v) is 17.2. The van der Waals surface area contributed by atoms with Crippen molar-refractivity contribution in [3.05, 3.63) is 66.7 Å². The molecule has 3 rings (SSSR count). The molecule has 1 amide bonds. The fourth-order valence-electron chi connectivity index (χ4n) is 2.35. The minimum absolute atomic E-state index is 0.0690. The zero-order valence-electron chi connectivity index (χ0n) is 14.9. The number of hydrogen-bond donors (Lipinski definition) is 1. The molecule has 0 saturated carbocycles. The van der Waals surface area contributed by atoms with Gasteiger partial charge in [0.1, 0.15) is 11.3 Å². The molecule has 3 aromatic rings. The van der Waals surface area contributed by atoms with E-state index >= 15 is 0 Å². The molecule has 0 aliphatic rings. The largest absolute Gasteiger partial charge is 0.465 e. The van der Waals surface area contributed by atoms with Crippen LogP contribution in [0, 0.1) is 10.1 Å². The second-order valence-electron chi connectivity index (χ2n) is 5.46. The monoisotopic (exact) mass is 468 g/mol. The van der Waals surface area contributed by atoms with Crippen molar-refractivity contribution >= 4 is 57.6 Å². The number of ether oxygens (including phenoxy) is 1. The minimum atomic E-state index is -0.903. The van der Waals surface area contributed by atoms with E-state index in [4.69, 9.17) is 32.5 Å². The summed E-state index contributed by atoms with van der Waals surface area (Å²) in [5.74, 6) is -2.27. The first-order valence-electron chi connectivity index (χ1n) is 7.93. The smallest absolute Gasteiger partial charge is 0.344 e. The van der Waals surface area contributed by atoms with E-state index in [1.165, 1.54) is 30.5 Å². The van der Waals surface area contributed by atoms with Crippen molar-refractivity contribution in [1.82, 2.24) is 10.6 Å². The molecule has 0 unspecified atom stereocenters. The van der Waals surface area contributed by atoms with Gasteiger partial charge in [0.25, 0.3) is 0 Å². The number of nitrogens with one attached hydrogen (secondary N) is 1. The normalized spacial score (nSPS) is 10.9. The number of rotatable bonds is 6. The van der Waals surface area contributed by atoms with Gasteiger partial charge in [-0.1, -0.05) is 45.8 Å². The topological polar surface area (TPSA) is 137 Å². The number of benzene rings is 1. The lowest BCUT2D eigenvalue weighted by Crippen LogP contribution is -2.20. The minimum Gasteiger partial charge on any atom is -0.465 e. The van der Waals surface area contributed by atoms with E-state index in [1.807, 2.05) is 0 Å². The second kappa shape index (κ2) is 9.03. The van der Waals surface area contributed by atoms with Gasteiger partial charge in [-0.25, -0.2) is 10.2 Å². The van der Waals surface area contributed by atoms with Crippen LogP contribution in [0.5, 0.6) is 0 Å². The van der Waals surface area contributed by atoms with Gasteiger partial charge >= 0.3 is 16.9 Å². The van der Waals surface area contributed by atoms with Crippen LogP contribution in [0.25, 0.3) is 11.3 Å². The van der Waals surface area contributed by atoms with E-state index in [-0.39, 0.29) is 31.9 Å². The molecule has 0 atom stereocenters. The standard InChI is InChI=1S/C17H10Cl2N4O6S/c1-28-17(25)13-14(12-9(18)3-2-4-10(12)19)22-29-15(13)16(24)21-20-7-8-5-6-11(30-8)23(26)27/h2-7H,1H3,(H,21,24)/b20-7+. The summed E-state index contributed by atoms with van der Waals surface area (Å²) in [4.78, 5) is 35.3. The molecule has 1 aromatic carbocycles. The number of nitro groups is 1. The first-order valence-corrected chi connectivity index (χ1v) is 9.50. The van der Waals surface area contributed by atoms with Gasteiger partial charge < -0.3 is 9.26 Å². The molecule has 0 bridgehead atoms. The predicted molar refractivity (Wildman–Crippen MR) is 109 cm³/mol. The Bertz CT molecular complexity index is 1150. The van der Waals surface area contributed by atoms with Gasteiger partial charge in [-0.3, -0.25) is 14.9 Å². The summed E-state index contributed by atoms with van der Waals surface area (Å²) in [5.41, 5.74) is 2.00. The highest BCUT2D eigenvalue weighted by molar-refractivity contribution is 7.16. The molecule has 2 heterocycles. The maximum Gasteiger partial charge on any atom is 0.344 e. The Morgan fingerprint density at radius 1 is 1.30 bits per heavy atom. The average molecular weight is 469 g/mol. The van der Waals surface area contributed by atoms with E-state index in [0.29, 0.717) is 4.88 Å². The third kappa shape index (κ3) is 4.32. The molecule has 0 saturated heterocycles. The van der Waals surface area contributed by atoms with Gasteiger partial charge in [-0.05, 0) is 18.2 Å². The lowest BCUT2D eigenvalue weighted by Gasteiger charge is -2.05. The zero-order chi connectivity index (χ0) is 21.8. The van der Waals surface area contributed by atoms with Crippen molar-refractivity contribution in [2.45, 2.75) is 0 Å². The van der Waals surface area contributed by atoms with Gasteiger partial charge in [0, 0.05) is 11.6 Å². The Kier molecular flexibility index (Phi) is 6.45. The average Bonchev–Trinajstić information content (AvgIpc) is 3.35. The van der Waals surface area contributed by atoms with E-state index < -0.39 is 22.6 Å². The Hall–Kier alpha value is -3.28. The highest BCUT2D eigenvalue weighted by Crippen LogP contribution is 2.37.